The quantitative estimate of drug-likeness (QED) is 0.664. The van der Waals surface area contributed by atoms with Crippen molar-refractivity contribution < 1.29 is 0 Å². The van der Waals surface area contributed by atoms with Crippen molar-refractivity contribution in [3.63, 3.8) is 0 Å². The minimum Gasteiger partial charge on any atom is -0.314 e. The van der Waals surface area contributed by atoms with Gasteiger partial charge in [-0.2, -0.15) is 0 Å². The Hall–Kier alpha value is -2.61. The first-order chi connectivity index (χ1) is 9.45. The second-order valence-corrected chi connectivity index (χ2v) is 4.59. The van der Waals surface area contributed by atoms with Crippen LogP contribution in [-0.4, -0.2) is 10.8 Å². The van der Waals surface area contributed by atoms with Crippen LogP contribution in [0.1, 0.15) is 16.8 Å². The highest BCUT2D eigenvalue weighted by molar-refractivity contribution is 6.05. The average Bonchev–Trinajstić information content (AvgIpc) is 2.57. The lowest BCUT2D eigenvalue weighted by Gasteiger charge is -2.02. The molecular weight excluding hydrogens is 232 g/mol. The van der Waals surface area contributed by atoms with Gasteiger partial charge in [-0.25, -0.2) is 0 Å². The number of aliphatic imine (C=N–C) groups is 1. The number of benzene rings is 1. The molecule has 1 aliphatic heterocycles. The van der Waals surface area contributed by atoms with E-state index in [1.807, 2.05) is 24.7 Å². The molecule has 1 aromatic carbocycles. The van der Waals surface area contributed by atoms with Gasteiger partial charge in [0.05, 0.1) is 11.2 Å². The molecule has 0 saturated heterocycles. The summed E-state index contributed by atoms with van der Waals surface area (Å²) in [6.45, 7) is 0. The third kappa shape index (κ3) is 1.47. The lowest BCUT2D eigenvalue weighted by molar-refractivity contribution is 1.19. The minimum atomic E-state index is 1.16. The molecule has 0 bridgehead atoms. The number of hydrogen-bond donors (Lipinski definition) is 0. The smallest absolute Gasteiger partial charge is 0.0623 e. The number of nitrogens with zero attached hydrogens (tertiary/aromatic N) is 2. The van der Waals surface area contributed by atoms with Crippen molar-refractivity contribution in [2.45, 2.75) is 0 Å². The van der Waals surface area contributed by atoms with Gasteiger partial charge >= 0.3 is 0 Å². The lowest BCUT2D eigenvalue weighted by atomic mass is 10.1. The molecule has 4 rings (SSSR count). The van der Waals surface area contributed by atoms with Crippen LogP contribution in [0, 0.1) is 0 Å². The number of allylic oxidation sites excluding steroid dienone is 4. The first-order valence-electron chi connectivity index (χ1n) is 6.33. The number of para-hydroxylation sites is 1. The summed E-state index contributed by atoms with van der Waals surface area (Å²) < 4.78 is 2.22. The van der Waals surface area contributed by atoms with Gasteiger partial charge in [-0.15, -0.1) is 0 Å². The van der Waals surface area contributed by atoms with E-state index < -0.39 is 0 Å². The Morgan fingerprint density at radius 3 is 2.79 bits per heavy atom. The highest BCUT2D eigenvalue weighted by Crippen LogP contribution is 2.32. The van der Waals surface area contributed by atoms with E-state index in [0.717, 1.165) is 5.56 Å². The summed E-state index contributed by atoms with van der Waals surface area (Å²) in [4.78, 5) is 4.29. The summed E-state index contributed by atoms with van der Waals surface area (Å²) in [6, 6.07) is 6.37. The molecule has 0 fully saturated rings. The van der Waals surface area contributed by atoms with E-state index in [1.54, 1.807) is 0 Å². The van der Waals surface area contributed by atoms with Gasteiger partial charge in [0.1, 0.15) is 0 Å². The maximum atomic E-state index is 4.29. The van der Waals surface area contributed by atoms with Gasteiger partial charge < -0.3 is 4.57 Å². The van der Waals surface area contributed by atoms with E-state index in [-0.39, 0.29) is 0 Å². The van der Waals surface area contributed by atoms with Crippen LogP contribution in [0.5, 0.6) is 0 Å². The molecule has 19 heavy (non-hydrogen) atoms. The van der Waals surface area contributed by atoms with Gasteiger partial charge in [-0.05, 0) is 6.08 Å². The van der Waals surface area contributed by atoms with E-state index in [1.165, 1.54) is 22.2 Å². The van der Waals surface area contributed by atoms with E-state index in [9.17, 15) is 0 Å². The first kappa shape index (κ1) is 10.3. The van der Waals surface area contributed by atoms with Crippen LogP contribution in [0.3, 0.4) is 0 Å². The van der Waals surface area contributed by atoms with Crippen LogP contribution in [0.2, 0.25) is 0 Å². The maximum Gasteiger partial charge on any atom is 0.0623 e. The largest absolute Gasteiger partial charge is 0.314 e. The summed E-state index contributed by atoms with van der Waals surface area (Å²) in [6.07, 6.45) is 18.4. The monoisotopic (exact) mass is 244 g/mol. The van der Waals surface area contributed by atoms with Gasteiger partial charge in [-0.3, -0.25) is 4.99 Å². The molecule has 0 radical (unpaired) electrons. The molecule has 2 heterocycles. The standard InChI is InChI=1S/C17H12N2/c1-2-4-9-16-14(7-3-1)15-8-5-6-13-12-18-10-11-19(16)17(13)15/h1-12H. The topological polar surface area (TPSA) is 17.3 Å². The molecule has 0 N–H and O–H groups in total. The fourth-order valence-corrected chi connectivity index (χ4v) is 2.70. The molecule has 0 atom stereocenters. The molecule has 0 saturated carbocycles. The van der Waals surface area contributed by atoms with Crippen molar-refractivity contribution in [1.29, 1.82) is 0 Å². The maximum absolute atomic E-state index is 4.29. The van der Waals surface area contributed by atoms with Crippen molar-refractivity contribution in [3.05, 3.63) is 65.5 Å². The third-order valence-electron chi connectivity index (χ3n) is 3.50. The molecular formula is C17H12N2. The highest BCUT2D eigenvalue weighted by Gasteiger charge is 2.15. The molecule has 1 aromatic heterocycles. The second kappa shape index (κ2) is 3.95. The average molecular weight is 244 g/mol. The minimum absolute atomic E-state index is 1.16. The normalized spacial score (nSPS) is 15.4. The second-order valence-electron chi connectivity index (χ2n) is 4.59. The van der Waals surface area contributed by atoms with Crippen molar-refractivity contribution >= 4 is 35.5 Å². The van der Waals surface area contributed by atoms with Gasteiger partial charge in [0, 0.05) is 35.1 Å². The zero-order chi connectivity index (χ0) is 12.7. The van der Waals surface area contributed by atoms with E-state index in [2.05, 4.69) is 58.1 Å². The fourth-order valence-electron chi connectivity index (χ4n) is 2.70. The Morgan fingerprint density at radius 1 is 0.947 bits per heavy atom. The van der Waals surface area contributed by atoms with E-state index in [4.69, 9.17) is 0 Å². The fraction of sp³-hybridized carbons (Fsp3) is 0. The van der Waals surface area contributed by atoms with E-state index >= 15 is 0 Å². The Labute approximate surface area is 111 Å². The summed E-state index contributed by atoms with van der Waals surface area (Å²) in [5.41, 5.74) is 4.84. The molecule has 0 unspecified atom stereocenters. The van der Waals surface area contributed by atoms with E-state index in [0.29, 0.717) is 0 Å². The van der Waals surface area contributed by atoms with Crippen molar-refractivity contribution in [2.24, 2.45) is 4.99 Å². The molecule has 0 amide bonds. The summed E-state index contributed by atoms with van der Waals surface area (Å²) in [5.74, 6) is 0. The number of hydrogen-bond acceptors (Lipinski definition) is 1. The lowest BCUT2D eigenvalue weighted by Crippen LogP contribution is -1.91. The SMILES string of the molecule is C1=CC=Cc2c(c3cccc4c3n2C=CN=C4)C=C1. The Balaban J connectivity index is 2.21. The number of aromatic nitrogens is 1. The zero-order valence-electron chi connectivity index (χ0n) is 10.3. The Kier molecular flexibility index (Phi) is 2.15. The van der Waals surface area contributed by atoms with Gasteiger partial charge in [0.15, 0.2) is 0 Å². The van der Waals surface area contributed by atoms with Gasteiger partial charge in [0.25, 0.3) is 0 Å². The predicted octanol–water partition coefficient (Wildman–Crippen LogP) is 4.10. The summed E-state index contributed by atoms with van der Waals surface area (Å²) in [7, 11) is 0. The molecule has 2 aliphatic rings. The summed E-state index contributed by atoms with van der Waals surface area (Å²) in [5, 5.41) is 1.27. The van der Waals surface area contributed by atoms with Crippen molar-refractivity contribution in [1.82, 2.24) is 4.57 Å². The molecule has 2 nitrogen and oxygen atoms in total. The van der Waals surface area contributed by atoms with Crippen LogP contribution in [-0.2, 0) is 0 Å². The van der Waals surface area contributed by atoms with Crippen LogP contribution in [0.4, 0.5) is 0 Å². The zero-order valence-corrected chi connectivity index (χ0v) is 10.3. The van der Waals surface area contributed by atoms with Crippen LogP contribution in [0.15, 0.2) is 53.7 Å². The number of rotatable bonds is 0. The molecule has 0 spiro atoms. The Morgan fingerprint density at radius 2 is 1.84 bits per heavy atom. The van der Waals surface area contributed by atoms with Crippen molar-refractivity contribution in [3.8, 4) is 0 Å². The predicted molar refractivity (Wildman–Crippen MR) is 82.1 cm³/mol. The molecule has 90 valence electrons. The third-order valence-corrected chi connectivity index (χ3v) is 3.50. The van der Waals surface area contributed by atoms with Crippen LogP contribution in [0.25, 0.3) is 29.3 Å². The van der Waals surface area contributed by atoms with Crippen molar-refractivity contribution in [2.75, 3.05) is 0 Å². The van der Waals surface area contributed by atoms with Gasteiger partial charge in [0.2, 0.25) is 0 Å². The Bertz CT molecular complexity index is 811. The summed E-state index contributed by atoms with van der Waals surface area (Å²) >= 11 is 0. The molecule has 2 heteroatoms. The van der Waals surface area contributed by atoms with Crippen LogP contribution < -0.4 is 0 Å². The van der Waals surface area contributed by atoms with Crippen LogP contribution >= 0.6 is 0 Å². The first-order valence-corrected chi connectivity index (χ1v) is 6.33. The number of fused-ring (bicyclic) bond motifs is 3. The highest BCUT2D eigenvalue weighted by atomic mass is 15.0. The molecule has 1 aliphatic carbocycles. The molecule has 2 aromatic rings. The van der Waals surface area contributed by atoms with Gasteiger partial charge in [-0.1, -0.05) is 48.6 Å².